The summed E-state index contributed by atoms with van der Waals surface area (Å²) in [5.41, 5.74) is 6.41. The number of carbonyl (C=O) groups is 1. The third-order valence-electron chi connectivity index (χ3n) is 6.70. The van der Waals surface area contributed by atoms with Crippen LogP contribution in [0.4, 0.5) is 0 Å². The molecule has 0 aliphatic carbocycles. The van der Waals surface area contributed by atoms with Crippen molar-refractivity contribution in [3.63, 3.8) is 0 Å². The van der Waals surface area contributed by atoms with Crippen LogP contribution in [0.15, 0.2) is 112 Å². The first kappa shape index (κ1) is 25.3. The lowest BCUT2D eigenvalue weighted by atomic mass is 9.85. The molecule has 2 heterocycles. The standard InChI is InChI=1S/C31H29BN4O2/c32-27-20-33-19-23-17-24(18-28(36-30(23)27)26-12-6-7-13-29(26)37)34-14-15-35-31(38)25-11-5-4-10-22(25)16-21-8-2-1-3-9-21/h1-13,18,20,23,34,37H,14-17,19H2,(H,35,38). The van der Waals surface area contributed by atoms with Crippen LogP contribution in [0.3, 0.4) is 0 Å². The summed E-state index contributed by atoms with van der Waals surface area (Å²) in [5, 5.41) is 17.0. The van der Waals surface area contributed by atoms with Gasteiger partial charge in [-0.05, 0) is 48.2 Å². The van der Waals surface area contributed by atoms with Gasteiger partial charge in [0, 0.05) is 54.3 Å². The van der Waals surface area contributed by atoms with Crippen molar-refractivity contribution in [3.05, 3.63) is 124 Å². The molecule has 1 atom stereocenters. The fourth-order valence-electron chi connectivity index (χ4n) is 4.79. The molecule has 0 saturated heterocycles. The number of phenols is 1. The summed E-state index contributed by atoms with van der Waals surface area (Å²) < 4.78 is 0. The summed E-state index contributed by atoms with van der Waals surface area (Å²) in [6, 6.07) is 25.0. The van der Waals surface area contributed by atoms with Crippen molar-refractivity contribution in [2.75, 3.05) is 19.6 Å². The molecule has 5 rings (SSSR count). The average Bonchev–Trinajstić information content (AvgIpc) is 3.12. The number of carbonyl (C=O) groups excluding carboxylic acids is 1. The van der Waals surface area contributed by atoms with Crippen molar-refractivity contribution in [1.82, 2.24) is 10.6 Å². The van der Waals surface area contributed by atoms with Gasteiger partial charge < -0.3 is 15.7 Å². The third kappa shape index (κ3) is 5.94. The van der Waals surface area contributed by atoms with Crippen molar-refractivity contribution in [2.24, 2.45) is 15.9 Å². The van der Waals surface area contributed by atoms with Crippen LogP contribution < -0.4 is 10.6 Å². The van der Waals surface area contributed by atoms with Gasteiger partial charge in [0.15, 0.2) is 0 Å². The molecule has 0 aromatic heterocycles. The number of allylic oxidation sites excluding steroid dienone is 3. The van der Waals surface area contributed by atoms with Gasteiger partial charge in [0.25, 0.3) is 5.91 Å². The van der Waals surface area contributed by atoms with Crippen molar-refractivity contribution in [2.45, 2.75) is 12.8 Å². The zero-order valence-electron chi connectivity index (χ0n) is 21.1. The maximum atomic E-state index is 13.0. The van der Waals surface area contributed by atoms with Gasteiger partial charge in [-0.2, -0.15) is 0 Å². The molecule has 0 fully saturated rings. The third-order valence-corrected chi connectivity index (χ3v) is 6.70. The minimum absolute atomic E-state index is 0.0431. The first-order chi connectivity index (χ1) is 18.6. The predicted molar refractivity (Wildman–Crippen MR) is 153 cm³/mol. The molecule has 1 unspecified atom stereocenters. The van der Waals surface area contributed by atoms with Crippen LogP contribution >= 0.6 is 0 Å². The highest BCUT2D eigenvalue weighted by atomic mass is 16.3. The van der Waals surface area contributed by atoms with E-state index in [1.165, 1.54) is 0 Å². The minimum atomic E-state index is -0.0933. The van der Waals surface area contributed by atoms with Crippen molar-refractivity contribution >= 4 is 25.7 Å². The highest BCUT2D eigenvalue weighted by Gasteiger charge is 2.24. The van der Waals surface area contributed by atoms with Crippen LogP contribution in [0.1, 0.15) is 33.5 Å². The molecule has 7 heteroatoms. The molecule has 2 aliphatic heterocycles. The number of aromatic hydroxyl groups is 1. The maximum Gasteiger partial charge on any atom is 0.251 e. The molecular weight excluding hydrogens is 471 g/mol. The second-order valence-electron chi connectivity index (χ2n) is 9.42. The predicted octanol–water partition coefficient (Wildman–Crippen LogP) is 4.16. The minimum Gasteiger partial charge on any atom is -0.507 e. The van der Waals surface area contributed by atoms with Gasteiger partial charge in [-0.1, -0.05) is 66.1 Å². The number of amides is 1. The molecule has 2 radical (unpaired) electrons. The number of dihydropyridines is 1. The zero-order valence-corrected chi connectivity index (χ0v) is 21.1. The number of benzene rings is 3. The van der Waals surface area contributed by atoms with Gasteiger partial charge in [-0.3, -0.25) is 14.8 Å². The molecule has 0 spiro atoms. The van der Waals surface area contributed by atoms with E-state index in [2.05, 4.69) is 27.8 Å². The van der Waals surface area contributed by atoms with Crippen LogP contribution in [0.2, 0.25) is 0 Å². The number of fused-ring (bicyclic) bond motifs is 1. The van der Waals surface area contributed by atoms with Crippen molar-refractivity contribution in [3.8, 4) is 5.75 Å². The largest absolute Gasteiger partial charge is 0.507 e. The highest BCUT2D eigenvalue weighted by molar-refractivity contribution is 6.33. The van der Waals surface area contributed by atoms with E-state index < -0.39 is 0 Å². The van der Waals surface area contributed by atoms with Gasteiger partial charge in [-0.15, -0.1) is 0 Å². The average molecular weight is 500 g/mol. The van der Waals surface area contributed by atoms with Crippen molar-refractivity contribution < 1.29 is 9.90 Å². The molecule has 0 bridgehead atoms. The summed E-state index contributed by atoms with van der Waals surface area (Å²) in [6.45, 7) is 1.59. The van der Waals surface area contributed by atoms with Crippen LogP contribution in [0, 0.1) is 5.92 Å². The summed E-state index contributed by atoms with van der Waals surface area (Å²) in [7, 11) is 6.22. The first-order valence-electron chi connectivity index (χ1n) is 12.8. The van der Waals surface area contributed by atoms with Gasteiger partial charge in [0.1, 0.15) is 13.6 Å². The molecule has 3 aromatic rings. The Hall–Kier alpha value is -4.39. The van der Waals surface area contributed by atoms with Crippen LogP contribution in [-0.2, 0) is 6.42 Å². The molecule has 2 aliphatic rings. The first-order valence-corrected chi connectivity index (χ1v) is 12.8. The molecule has 3 N–H and O–H groups in total. The lowest BCUT2D eigenvalue weighted by Crippen LogP contribution is -2.32. The van der Waals surface area contributed by atoms with Gasteiger partial charge in [0.05, 0.1) is 5.71 Å². The zero-order chi connectivity index (χ0) is 26.3. The van der Waals surface area contributed by atoms with Gasteiger partial charge in [-0.25, -0.2) is 0 Å². The molecule has 188 valence electrons. The quantitative estimate of drug-likeness (QED) is 0.321. The van der Waals surface area contributed by atoms with Gasteiger partial charge in [0.2, 0.25) is 0 Å². The van der Waals surface area contributed by atoms with Gasteiger partial charge >= 0.3 is 0 Å². The highest BCUT2D eigenvalue weighted by Crippen LogP contribution is 2.30. The fraction of sp³-hybridized carbons (Fsp3) is 0.194. The Morgan fingerprint density at radius 1 is 0.974 bits per heavy atom. The SMILES string of the molecule is [B]C1=C2N=C(c3ccccc3O)C=C(NCCNC(=O)c3ccccc3Cc3ccccc3)CC2CN=C1. The summed E-state index contributed by atoms with van der Waals surface area (Å²) in [5.74, 6) is 0.108. The summed E-state index contributed by atoms with van der Waals surface area (Å²) >= 11 is 0. The van der Waals surface area contributed by atoms with Crippen LogP contribution in [0.5, 0.6) is 5.75 Å². The Bertz CT molecular complexity index is 1440. The molecule has 0 saturated carbocycles. The fourth-order valence-corrected chi connectivity index (χ4v) is 4.79. The number of para-hydroxylation sites is 1. The van der Waals surface area contributed by atoms with E-state index >= 15 is 0 Å². The summed E-state index contributed by atoms with van der Waals surface area (Å²) in [6.07, 6.45) is 4.99. The summed E-state index contributed by atoms with van der Waals surface area (Å²) in [4.78, 5) is 22.2. The number of nitrogens with zero attached hydrogens (tertiary/aromatic N) is 2. The number of hydrogen-bond acceptors (Lipinski definition) is 5. The van der Waals surface area contributed by atoms with E-state index in [4.69, 9.17) is 12.8 Å². The lowest BCUT2D eigenvalue weighted by molar-refractivity contribution is 0.0953. The smallest absolute Gasteiger partial charge is 0.251 e. The second-order valence-corrected chi connectivity index (χ2v) is 9.42. The Balaban J connectivity index is 1.26. The molecule has 6 nitrogen and oxygen atoms in total. The topological polar surface area (TPSA) is 86.1 Å². The van der Waals surface area contributed by atoms with E-state index in [9.17, 15) is 9.90 Å². The Morgan fingerprint density at radius 2 is 1.74 bits per heavy atom. The van der Waals surface area contributed by atoms with Crippen LogP contribution in [0.25, 0.3) is 0 Å². The Labute approximate surface area is 224 Å². The normalized spacial score (nSPS) is 16.7. The Morgan fingerprint density at radius 3 is 2.58 bits per heavy atom. The number of rotatable bonds is 8. The maximum absolute atomic E-state index is 13.0. The molecule has 3 aromatic carbocycles. The molecule has 1 amide bonds. The van der Waals surface area contributed by atoms with E-state index in [-0.39, 0.29) is 17.6 Å². The number of hydrogen-bond donors (Lipinski definition) is 3. The molecular formula is C31H29BN4O2. The van der Waals surface area contributed by atoms with Crippen molar-refractivity contribution in [1.29, 1.82) is 0 Å². The monoisotopic (exact) mass is 500 g/mol. The van der Waals surface area contributed by atoms with E-state index in [0.717, 1.165) is 22.5 Å². The van der Waals surface area contributed by atoms with E-state index in [1.807, 2.05) is 60.7 Å². The lowest BCUT2D eigenvalue weighted by Gasteiger charge is -2.21. The Kier molecular flexibility index (Phi) is 7.83. The molecule has 38 heavy (non-hydrogen) atoms. The number of aliphatic imine (C=N–C) groups is 2. The van der Waals surface area contributed by atoms with E-state index in [1.54, 1.807) is 18.3 Å². The van der Waals surface area contributed by atoms with E-state index in [0.29, 0.717) is 54.8 Å². The van der Waals surface area contributed by atoms with Crippen LogP contribution in [-0.4, -0.2) is 50.4 Å². The second kappa shape index (κ2) is 11.8. The number of phenolic OH excluding ortho intramolecular Hbond substituents is 1. The number of nitrogens with one attached hydrogen (secondary N) is 2.